The highest BCUT2D eigenvalue weighted by atomic mass is 32.2. The zero-order chi connectivity index (χ0) is 8.27. The molecule has 0 aromatic heterocycles. The molecule has 1 rings (SSSR count). The van der Waals surface area contributed by atoms with Gasteiger partial charge in [-0.2, -0.15) is 11.8 Å². The van der Waals surface area contributed by atoms with Gasteiger partial charge in [-0.3, -0.25) is 4.79 Å². The Hall–Kier alpha value is -0.220. The lowest BCUT2D eigenvalue weighted by Gasteiger charge is -2.13. The summed E-state index contributed by atoms with van der Waals surface area (Å²) in [6.45, 7) is 1.75. The fourth-order valence-corrected chi connectivity index (χ4v) is 2.00. The molecular weight excluding hydrogens is 164 g/mol. The highest BCUT2D eigenvalue weighted by Crippen LogP contribution is 2.20. The van der Waals surface area contributed by atoms with Crippen molar-refractivity contribution in [2.24, 2.45) is 0 Å². The summed E-state index contributed by atoms with van der Waals surface area (Å²) in [5, 5.41) is 9.24. The van der Waals surface area contributed by atoms with Crippen LogP contribution in [0.3, 0.4) is 0 Å². The van der Waals surface area contributed by atoms with Gasteiger partial charge in [0, 0.05) is 17.9 Å². The minimum Gasteiger partial charge on any atom is -0.459 e. The molecule has 0 aromatic rings. The molecule has 1 aliphatic rings. The first kappa shape index (κ1) is 8.87. The van der Waals surface area contributed by atoms with Gasteiger partial charge in [0.2, 0.25) is 0 Å². The molecule has 0 spiro atoms. The van der Waals surface area contributed by atoms with Crippen molar-refractivity contribution in [2.45, 2.75) is 25.6 Å². The summed E-state index contributed by atoms with van der Waals surface area (Å²) >= 11 is 1.62. The Kier molecular flexibility index (Phi) is 3.20. The van der Waals surface area contributed by atoms with Crippen LogP contribution in [0.1, 0.15) is 13.3 Å². The standard InChI is InChI=1S/C7H12O3S/c1-2-7(9)10-6-4-11-3-5(6)8/h5-6,8H,2-4H2,1H3. The van der Waals surface area contributed by atoms with Gasteiger partial charge < -0.3 is 9.84 Å². The molecular formula is C7H12O3S. The Morgan fingerprint density at radius 1 is 1.73 bits per heavy atom. The maximum Gasteiger partial charge on any atom is 0.305 e. The molecule has 2 unspecified atom stereocenters. The molecule has 0 radical (unpaired) electrons. The van der Waals surface area contributed by atoms with Crippen LogP contribution in [0.15, 0.2) is 0 Å². The molecule has 0 bridgehead atoms. The summed E-state index contributed by atoms with van der Waals surface area (Å²) in [5.74, 6) is 1.19. The Labute approximate surface area is 70.1 Å². The second-order valence-corrected chi connectivity index (χ2v) is 3.56. The molecule has 0 amide bonds. The highest BCUT2D eigenvalue weighted by Gasteiger charge is 2.28. The summed E-state index contributed by atoms with van der Waals surface area (Å²) in [6.07, 6.45) is -0.351. The van der Waals surface area contributed by atoms with Crippen molar-refractivity contribution in [3.63, 3.8) is 0 Å². The van der Waals surface area contributed by atoms with Crippen LogP contribution in [0.25, 0.3) is 0 Å². The number of hydrogen-bond donors (Lipinski definition) is 1. The second-order valence-electron chi connectivity index (χ2n) is 2.49. The number of hydrogen-bond acceptors (Lipinski definition) is 4. The van der Waals surface area contributed by atoms with Crippen molar-refractivity contribution in [1.29, 1.82) is 0 Å². The predicted octanol–water partition coefficient (Wildman–Crippen LogP) is 0.416. The van der Waals surface area contributed by atoms with Crippen molar-refractivity contribution < 1.29 is 14.6 Å². The van der Waals surface area contributed by atoms with Gasteiger partial charge in [0.15, 0.2) is 0 Å². The number of thioether (sulfide) groups is 1. The lowest BCUT2D eigenvalue weighted by atomic mass is 10.2. The van der Waals surface area contributed by atoms with Crippen LogP contribution in [-0.4, -0.2) is 34.8 Å². The maximum atomic E-state index is 10.8. The first-order chi connectivity index (χ1) is 5.24. The van der Waals surface area contributed by atoms with E-state index in [4.69, 9.17) is 4.74 Å². The van der Waals surface area contributed by atoms with Crippen molar-refractivity contribution >= 4 is 17.7 Å². The van der Waals surface area contributed by atoms with E-state index in [0.717, 1.165) is 5.75 Å². The predicted molar refractivity (Wildman–Crippen MR) is 43.5 cm³/mol. The van der Waals surface area contributed by atoms with E-state index in [0.29, 0.717) is 12.2 Å². The first-order valence-corrected chi connectivity index (χ1v) is 4.84. The van der Waals surface area contributed by atoms with Gasteiger partial charge in [-0.15, -0.1) is 0 Å². The minimum atomic E-state index is -0.463. The number of carbonyl (C=O) groups excluding carboxylic acids is 1. The molecule has 1 aliphatic heterocycles. The van der Waals surface area contributed by atoms with E-state index in [1.54, 1.807) is 18.7 Å². The van der Waals surface area contributed by atoms with E-state index >= 15 is 0 Å². The molecule has 0 aliphatic carbocycles. The molecule has 64 valence electrons. The van der Waals surface area contributed by atoms with Crippen molar-refractivity contribution in [1.82, 2.24) is 0 Å². The zero-order valence-electron chi connectivity index (χ0n) is 6.45. The lowest BCUT2D eigenvalue weighted by molar-refractivity contribution is -0.151. The molecule has 11 heavy (non-hydrogen) atoms. The fraction of sp³-hybridized carbons (Fsp3) is 0.857. The van der Waals surface area contributed by atoms with Gasteiger partial charge in [0.25, 0.3) is 0 Å². The molecule has 4 heteroatoms. The Bertz CT molecular complexity index is 149. The number of esters is 1. The van der Waals surface area contributed by atoms with Crippen LogP contribution in [0.2, 0.25) is 0 Å². The number of aliphatic hydroxyl groups excluding tert-OH is 1. The molecule has 0 saturated carbocycles. The lowest BCUT2D eigenvalue weighted by Crippen LogP contribution is -2.29. The summed E-state index contributed by atoms with van der Waals surface area (Å²) in [7, 11) is 0. The Morgan fingerprint density at radius 2 is 2.45 bits per heavy atom. The average Bonchev–Trinajstić information content (AvgIpc) is 2.37. The quantitative estimate of drug-likeness (QED) is 0.619. The largest absolute Gasteiger partial charge is 0.459 e. The van der Waals surface area contributed by atoms with Crippen LogP contribution in [0.4, 0.5) is 0 Å². The van der Waals surface area contributed by atoms with E-state index in [9.17, 15) is 9.90 Å². The molecule has 3 nitrogen and oxygen atoms in total. The van der Waals surface area contributed by atoms with Crippen LogP contribution in [0, 0.1) is 0 Å². The zero-order valence-corrected chi connectivity index (χ0v) is 7.26. The van der Waals surface area contributed by atoms with Crippen LogP contribution >= 0.6 is 11.8 Å². The van der Waals surface area contributed by atoms with E-state index in [-0.39, 0.29) is 12.1 Å². The van der Waals surface area contributed by atoms with Crippen molar-refractivity contribution in [3.8, 4) is 0 Å². The van der Waals surface area contributed by atoms with Gasteiger partial charge in [-0.1, -0.05) is 6.92 Å². The molecule has 0 aromatic carbocycles. The molecule has 1 saturated heterocycles. The van der Waals surface area contributed by atoms with Crippen molar-refractivity contribution in [2.75, 3.05) is 11.5 Å². The molecule has 1 heterocycles. The van der Waals surface area contributed by atoms with Gasteiger partial charge in [-0.25, -0.2) is 0 Å². The normalized spacial score (nSPS) is 30.4. The molecule has 1 N–H and O–H groups in total. The van der Waals surface area contributed by atoms with Gasteiger partial charge in [0.1, 0.15) is 12.2 Å². The number of carbonyl (C=O) groups is 1. The Balaban J connectivity index is 2.30. The van der Waals surface area contributed by atoms with E-state index < -0.39 is 6.10 Å². The SMILES string of the molecule is CCC(=O)OC1CSCC1O. The van der Waals surface area contributed by atoms with Crippen LogP contribution < -0.4 is 0 Å². The number of rotatable bonds is 2. The van der Waals surface area contributed by atoms with Gasteiger partial charge in [-0.05, 0) is 0 Å². The van der Waals surface area contributed by atoms with E-state index in [1.165, 1.54) is 0 Å². The van der Waals surface area contributed by atoms with E-state index in [1.807, 2.05) is 0 Å². The van der Waals surface area contributed by atoms with E-state index in [2.05, 4.69) is 0 Å². The van der Waals surface area contributed by atoms with Crippen LogP contribution in [-0.2, 0) is 9.53 Å². The monoisotopic (exact) mass is 176 g/mol. The molecule has 1 fully saturated rings. The first-order valence-electron chi connectivity index (χ1n) is 3.69. The smallest absolute Gasteiger partial charge is 0.305 e. The Morgan fingerprint density at radius 3 is 2.91 bits per heavy atom. The fourth-order valence-electron chi connectivity index (χ4n) is 0.888. The highest BCUT2D eigenvalue weighted by molar-refractivity contribution is 7.99. The topological polar surface area (TPSA) is 46.5 Å². The maximum absolute atomic E-state index is 10.8. The second kappa shape index (κ2) is 3.97. The molecule has 2 atom stereocenters. The number of ether oxygens (including phenoxy) is 1. The minimum absolute atomic E-state index is 0.225. The third-order valence-electron chi connectivity index (χ3n) is 1.57. The third-order valence-corrected chi connectivity index (χ3v) is 2.71. The van der Waals surface area contributed by atoms with Crippen molar-refractivity contribution in [3.05, 3.63) is 0 Å². The van der Waals surface area contributed by atoms with Crippen LogP contribution in [0.5, 0.6) is 0 Å². The average molecular weight is 176 g/mol. The summed E-state index contributed by atoms with van der Waals surface area (Å²) in [5.41, 5.74) is 0. The summed E-state index contributed by atoms with van der Waals surface area (Å²) in [4.78, 5) is 10.8. The summed E-state index contributed by atoms with van der Waals surface area (Å²) < 4.78 is 4.96. The van der Waals surface area contributed by atoms with Gasteiger partial charge in [0.05, 0.1) is 0 Å². The van der Waals surface area contributed by atoms with Gasteiger partial charge >= 0.3 is 5.97 Å². The number of aliphatic hydroxyl groups is 1. The summed E-state index contributed by atoms with van der Waals surface area (Å²) in [6, 6.07) is 0. The third kappa shape index (κ3) is 2.38.